The molecule has 0 saturated heterocycles. The molecule has 0 heterocycles. The monoisotopic (exact) mass is 271 g/mol. The highest BCUT2D eigenvalue weighted by Crippen LogP contribution is 2.27. The number of aliphatic carboxylic acids is 1. The van der Waals surface area contributed by atoms with Crippen LogP contribution in [0.3, 0.4) is 0 Å². The molecule has 0 bridgehead atoms. The number of hydrogen-bond acceptors (Lipinski definition) is 6. The van der Waals surface area contributed by atoms with Crippen molar-refractivity contribution in [2.75, 3.05) is 7.11 Å². The molecule has 0 amide bonds. The standard InChI is InChI=1S/C12H17NO6/c1-7(14)10(11(15)16)13-19-9-5-3-8(4-6-9)12(17)18-2/h8-9H,3-6H2,1-2H3,(H,15,16)/t8-,9-. The minimum atomic E-state index is -1.41. The molecule has 0 aromatic heterocycles. The smallest absolute Gasteiger partial charge is 0.361 e. The van der Waals surface area contributed by atoms with Crippen molar-refractivity contribution in [2.24, 2.45) is 11.1 Å². The average molecular weight is 271 g/mol. The van der Waals surface area contributed by atoms with Crippen molar-refractivity contribution in [3.8, 4) is 0 Å². The van der Waals surface area contributed by atoms with Crippen molar-refractivity contribution in [3.05, 3.63) is 0 Å². The minimum Gasteiger partial charge on any atom is -0.476 e. The van der Waals surface area contributed by atoms with Gasteiger partial charge in [0.2, 0.25) is 5.71 Å². The number of ketones is 1. The highest BCUT2D eigenvalue weighted by molar-refractivity contribution is 6.63. The second kappa shape index (κ2) is 6.86. The van der Waals surface area contributed by atoms with Crippen LogP contribution in [0.2, 0.25) is 0 Å². The van der Waals surface area contributed by atoms with Crippen molar-refractivity contribution in [3.63, 3.8) is 0 Å². The maximum Gasteiger partial charge on any atom is 0.361 e. The molecule has 0 aromatic carbocycles. The van der Waals surface area contributed by atoms with Gasteiger partial charge in [0.25, 0.3) is 0 Å². The van der Waals surface area contributed by atoms with Gasteiger partial charge in [0.15, 0.2) is 5.78 Å². The number of rotatable bonds is 5. The summed E-state index contributed by atoms with van der Waals surface area (Å²) in [5, 5.41) is 12.1. The fourth-order valence-corrected chi connectivity index (χ4v) is 1.95. The van der Waals surface area contributed by atoms with E-state index in [4.69, 9.17) is 9.94 Å². The molecule has 1 saturated carbocycles. The lowest BCUT2D eigenvalue weighted by Crippen LogP contribution is -2.27. The first-order chi connectivity index (χ1) is 8.95. The van der Waals surface area contributed by atoms with Crippen LogP contribution in [0.4, 0.5) is 0 Å². The van der Waals surface area contributed by atoms with Crippen LogP contribution in [-0.2, 0) is 24.0 Å². The summed E-state index contributed by atoms with van der Waals surface area (Å²) in [5.74, 6) is -2.44. The topological polar surface area (TPSA) is 102 Å². The Labute approximate surface area is 110 Å². The number of Topliss-reactive ketones (excluding diaryl/α,β-unsaturated/α-hetero) is 1. The summed E-state index contributed by atoms with van der Waals surface area (Å²) in [6.45, 7) is 1.12. The molecule has 0 spiro atoms. The van der Waals surface area contributed by atoms with Crippen molar-refractivity contribution in [1.82, 2.24) is 0 Å². The van der Waals surface area contributed by atoms with E-state index in [1.807, 2.05) is 0 Å². The number of carbonyl (C=O) groups is 3. The Kier molecular flexibility index (Phi) is 5.47. The van der Waals surface area contributed by atoms with Crippen LogP contribution in [0.25, 0.3) is 0 Å². The van der Waals surface area contributed by atoms with E-state index in [0.717, 1.165) is 6.92 Å². The number of methoxy groups -OCH3 is 1. The van der Waals surface area contributed by atoms with Crippen LogP contribution in [0.5, 0.6) is 0 Å². The van der Waals surface area contributed by atoms with Gasteiger partial charge in [0.1, 0.15) is 6.10 Å². The average Bonchev–Trinajstić information content (AvgIpc) is 2.38. The van der Waals surface area contributed by atoms with E-state index in [9.17, 15) is 14.4 Å². The van der Waals surface area contributed by atoms with Gasteiger partial charge >= 0.3 is 11.9 Å². The van der Waals surface area contributed by atoms with Crippen LogP contribution < -0.4 is 0 Å². The molecule has 106 valence electrons. The number of carboxylic acid groups (broad SMARTS) is 1. The van der Waals surface area contributed by atoms with Crippen LogP contribution >= 0.6 is 0 Å². The van der Waals surface area contributed by atoms with Gasteiger partial charge in [-0.05, 0) is 25.7 Å². The van der Waals surface area contributed by atoms with Crippen molar-refractivity contribution >= 4 is 23.4 Å². The highest BCUT2D eigenvalue weighted by atomic mass is 16.6. The molecule has 1 N–H and O–H groups in total. The molecular weight excluding hydrogens is 254 g/mol. The molecule has 1 aliphatic rings. The van der Waals surface area contributed by atoms with E-state index in [1.165, 1.54) is 7.11 Å². The number of nitrogens with zero attached hydrogens (tertiary/aromatic N) is 1. The summed E-state index contributed by atoms with van der Waals surface area (Å²) < 4.78 is 4.66. The fraction of sp³-hybridized carbons (Fsp3) is 0.667. The molecule has 0 aliphatic heterocycles. The number of oxime groups is 1. The second-order valence-corrected chi connectivity index (χ2v) is 4.40. The Balaban J connectivity index is 2.49. The molecule has 0 unspecified atom stereocenters. The van der Waals surface area contributed by atoms with Crippen LogP contribution in [0.1, 0.15) is 32.6 Å². The Morgan fingerprint density at radius 1 is 1.16 bits per heavy atom. The Bertz CT molecular complexity index is 379. The van der Waals surface area contributed by atoms with Gasteiger partial charge in [-0.25, -0.2) is 4.79 Å². The first-order valence-corrected chi connectivity index (χ1v) is 6.01. The molecule has 19 heavy (non-hydrogen) atoms. The second-order valence-electron chi connectivity index (χ2n) is 4.40. The first kappa shape index (κ1) is 15.1. The van der Waals surface area contributed by atoms with Crippen LogP contribution in [-0.4, -0.2) is 41.8 Å². The number of ether oxygens (including phenoxy) is 1. The van der Waals surface area contributed by atoms with Gasteiger partial charge in [-0.1, -0.05) is 5.16 Å². The molecule has 0 atom stereocenters. The highest BCUT2D eigenvalue weighted by Gasteiger charge is 2.28. The summed E-state index contributed by atoms with van der Waals surface area (Å²) in [4.78, 5) is 38.1. The van der Waals surface area contributed by atoms with Gasteiger partial charge in [-0.2, -0.15) is 0 Å². The summed E-state index contributed by atoms with van der Waals surface area (Å²) in [5.41, 5.74) is -0.616. The van der Waals surface area contributed by atoms with Crippen molar-refractivity contribution in [1.29, 1.82) is 0 Å². The van der Waals surface area contributed by atoms with Crippen molar-refractivity contribution < 1.29 is 29.1 Å². The lowest BCUT2D eigenvalue weighted by Gasteiger charge is -2.25. The molecule has 0 aromatic rings. The fourth-order valence-electron chi connectivity index (χ4n) is 1.95. The lowest BCUT2D eigenvalue weighted by molar-refractivity contribution is -0.147. The largest absolute Gasteiger partial charge is 0.476 e. The first-order valence-electron chi connectivity index (χ1n) is 6.01. The van der Waals surface area contributed by atoms with Crippen molar-refractivity contribution in [2.45, 2.75) is 38.7 Å². The predicted octanol–water partition coefficient (Wildman–Crippen LogP) is 0.764. The summed E-state index contributed by atoms with van der Waals surface area (Å²) in [6, 6.07) is 0. The third kappa shape index (κ3) is 4.35. The van der Waals surface area contributed by atoms with Crippen LogP contribution in [0.15, 0.2) is 5.16 Å². The van der Waals surface area contributed by atoms with E-state index in [2.05, 4.69) is 9.89 Å². The SMILES string of the molecule is COC(=O)[C@H]1CC[C@H](ON=C(C(C)=O)C(=O)O)CC1. The summed E-state index contributed by atoms with van der Waals surface area (Å²) in [7, 11) is 1.35. The van der Waals surface area contributed by atoms with Gasteiger partial charge in [-0.15, -0.1) is 0 Å². The van der Waals surface area contributed by atoms with E-state index < -0.39 is 17.5 Å². The Hall–Kier alpha value is -1.92. The zero-order valence-electron chi connectivity index (χ0n) is 10.9. The number of hydrogen-bond donors (Lipinski definition) is 1. The normalized spacial score (nSPS) is 23.6. The molecule has 0 radical (unpaired) electrons. The molecule has 1 aliphatic carbocycles. The quantitative estimate of drug-likeness (QED) is 0.343. The zero-order chi connectivity index (χ0) is 14.4. The number of carbonyl (C=O) groups excluding carboxylic acids is 2. The molecule has 7 heteroatoms. The Morgan fingerprint density at radius 3 is 2.16 bits per heavy atom. The molecule has 1 rings (SSSR count). The number of carboxylic acids is 1. The molecule has 1 fully saturated rings. The zero-order valence-corrected chi connectivity index (χ0v) is 10.9. The predicted molar refractivity (Wildman–Crippen MR) is 64.6 cm³/mol. The van der Waals surface area contributed by atoms with E-state index >= 15 is 0 Å². The lowest BCUT2D eigenvalue weighted by atomic mass is 9.87. The molecule has 7 nitrogen and oxygen atoms in total. The minimum absolute atomic E-state index is 0.138. The number of esters is 1. The third-order valence-corrected chi connectivity index (χ3v) is 3.04. The van der Waals surface area contributed by atoms with Gasteiger partial charge in [0.05, 0.1) is 13.0 Å². The van der Waals surface area contributed by atoms with E-state index in [1.54, 1.807) is 0 Å². The third-order valence-electron chi connectivity index (χ3n) is 3.04. The maximum atomic E-state index is 11.3. The van der Waals surface area contributed by atoms with Gasteiger partial charge in [0, 0.05) is 6.92 Å². The summed E-state index contributed by atoms with van der Waals surface area (Å²) >= 11 is 0. The van der Waals surface area contributed by atoms with Crippen LogP contribution in [0, 0.1) is 5.92 Å². The van der Waals surface area contributed by atoms with E-state index in [-0.39, 0.29) is 18.0 Å². The maximum absolute atomic E-state index is 11.3. The van der Waals surface area contributed by atoms with Gasteiger partial charge in [-0.3, -0.25) is 9.59 Å². The molecular formula is C12H17NO6. The van der Waals surface area contributed by atoms with E-state index in [0.29, 0.717) is 25.7 Å². The summed E-state index contributed by atoms with van der Waals surface area (Å²) in [6.07, 6.45) is 2.10. The Morgan fingerprint density at radius 2 is 1.74 bits per heavy atom. The van der Waals surface area contributed by atoms with Gasteiger partial charge < -0.3 is 14.7 Å².